The Bertz CT molecular complexity index is 552. The number of carboxylic acids is 1. The maximum atomic E-state index is 11.0. The Kier molecular flexibility index (Phi) is 3.53. The number of aromatic carboxylic acids is 1. The van der Waals surface area contributed by atoms with Crippen LogP contribution in [0.25, 0.3) is 0 Å². The predicted molar refractivity (Wildman–Crippen MR) is 74.2 cm³/mol. The van der Waals surface area contributed by atoms with Crippen molar-refractivity contribution in [1.82, 2.24) is 0 Å². The van der Waals surface area contributed by atoms with Crippen LogP contribution in [0.1, 0.15) is 28.9 Å². The third-order valence-corrected chi connectivity index (χ3v) is 3.41. The summed E-state index contributed by atoms with van der Waals surface area (Å²) in [7, 11) is 0. The molecule has 0 aliphatic heterocycles. The Morgan fingerprint density at radius 1 is 1.44 bits per heavy atom. The van der Waals surface area contributed by atoms with Gasteiger partial charge in [-0.15, -0.1) is 0 Å². The van der Waals surface area contributed by atoms with E-state index >= 15 is 0 Å². The zero-order chi connectivity index (χ0) is 13.1. The molecule has 0 saturated carbocycles. The Morgan fingerprint density at radius 2 is 2.22 bits per heavy atom. The zero-order valence-corrected chi connectivity index (χ0v) is 10.7. The van der Waals surface area contributed by atoms with Gasteiger partial charge in [-0.3, -0.25) is 0 Å². The summed E-state index contributed by atoms with van der Waals surface area (Å²) in [5.74, 6) is -1.01. The molecule has 0 radical (unpaired) electrons. The smallest absolute Gasteiger partial charge is 0.337 e. The largest absolute Gasteiger partial charge is 0.478 e. The van der Waals surface area contributed by atoms with Crippen LogP contribution in [0.2, 0.25) is 0 Å². The van der Waals surface area contributed by atoms with Gasteiger partial charge in [0.2, 0.25) is 0 Å². The Labute approximate surface area is 109 Å². The van der Waals surface area contributed by atoms with E-state index in [-0.39, 0.29) is 17.3 Å². The number of carbonyl (C=O) groups is 1. The number of rotatable bonds is 4. The molecule has 1 aromatic heterocycles. The average molecular weight is 262 g/mol. The van der Waals surface area contributed by atoms with Crippen molar-refractivity contribution in [3.8, 4) is 0 Å². The molecule has 0 fully saturated rings. The summed E-state index contributed by atoms with van der Waals surface area (Å²) in [6, 6.07) is 7.11. The van der Waals surface area contributed by atoms with Gasteiger partial charge in [-0.1, -0.05) is 0 Å². The first-order chi connectivity index (χ1) is 8.58. The van der Waals surface area contributed by atoms with Crippen molar-refractivity contribution in [2.24, 2.45) is 0 Å². The van der Waals surface area contributed by atoms with Crippen LogP contribution in [-0.2, 0) is 0 Å². The minimum absolute atomic E-state index is 0.123. The van der Waals surface area contributed by atoms with Gasteiger partial charge in [-0.25, -0.2) is 4.79 Å². The summed E-state index contributed by atoms with van der Waals surface area (Å²) in [5, 5.41) is 16.3. The van der Waals surface area contributed by atoms with Gasteiger partial charge in [0.1, 0.15) is 0 Å². The summed E-state index contributed by atoms with van der Waals surface area (Å²) in [6.07, 6.45) is 0. The fourth-order valence-corrected chi connectivity index (χ4v) is 2.44. The summed E-state index contributed by atoms with van der Waals surface area (Å²) in [5.41, 5.74) is 7.93. The van der Waals surface area contributed by atoms with Crippen molar-refractivity contribution in [1.29, 1.82) is 0 Å². The second-order valence-electron chi connectivity index (χ2n) is 4.03. The molecule has 2 aromatic rings. The molecule has 0 bridgehead atoms. The van der Waals surface area contributed by atoms with Gasteiger partial charge in [0.05, 0.1) is 5.56 Å². The van der Waals surface area contributed by atoms with Crippen molar-refractivity contribution < 1.29 is 9.90 Å². The first-order valence-corrected chi connectivity index (χ1v) is 6.43. The summed E-state index contributed by atoms with van der Waals surface area (Å²) >= 11 is 1.63. The van der Waals surface area contributed by atoms with Gasteiger partial charge in [-0.2, -0.15) is 11.3 Å². The Morgan fingerprint density at radius 3 is 2.83 bits per heavy atom. The molecule has 1 atom stereocenters. The first kappa shape index (κ1) is 12.4. The summed E-state index contributed by atoms with van der Waals surface area (Å²) < 4.78 is 0. The van der Waals surface area contributed by atoms with E-state index in [4.69, 9.17) is 10.8 Å². The third kappa shape index (κ3) is 2.62. The highest BCUT2D eigenvalue weighted by Crippen LogP contribution is 2.24. The minimum atomic E-state index is -1.01. The van der Waals surface area contributed by atoms with Gasteiger partial charge in [0.25, 0.3) is 0 Å². The van der Waals surface area contributed by atoms with Crippen molar-refractivity contribution in [3.05, 3.63) is 46.2 Å². The fourth-order valence-electron chi connectivity index (χ4n) is 1.69. The van der Waals surface area contributed by atoms with E-state index in [1.54, 1.807) is 29.5 Å². The van der Waals surface area contributed by atoms with E-state index in [0.717, 1.165) is 5.69 Å². The monoisotopic (exact) mass is 262 g/mol. The number of thiophene rings is 1. The van der Waals surface area contributed by atoms with Crippen LogP contribution in [-0.4, -0.2) is 11.1 Å². The standard InChI is InChI=1S/C13H14N2O2S/c1-8(9-4-5-18-7-9)15-10-2-3-12(14)11(6-10)13(16)17/h2-8,15H,14H2,1H3,(H,16,17). The molecule has 0 aliphatic carbocycles. The van der Waals surface area contributed by atoms with Gasteiger partial charge in [-0.05, 0) is 47.5 Å². The molecular weight excluding hydrogens is 248 g/mol. The van der Waals surface area contributed by atoms with Crippen molar-refractivity contribution in [2.45, 2.75) is 13.0 Å². The van der Waals surface area contributed by atoms with E-state index in [1.807, 2.05) is 18.4 Å². The first-order valence-electron chi connectivity index (χ1n) is 5.49. The van der Waals surface area contributed by atoms with Crippen molar-refractivity contribution >= 4 is 28.7 Å². The lowest BCUT2D eigenvalue weighted by molar-refractivity contribution is 0.0698. The topological polar surface area (TPSA) is 75.3 Å². The van der Waals surface area contributed by atoms with Gasteiger partial charge < -0.3 is 16.2 Å². The summed E-state index contributed by atoms with van der Waals surface area (Å²) in [6.45, 7) is 2.03. The molecule has 0 spiro atoms. The lowest BCUT2D eigenvalue weighted by Crippen LogP contribution is -2.08. The molecule has 1 aromatic carbocycles. The molecule has 18 heavy (non-hydrogen) atoms. The normalized spacial score (nSPS) is 12.1. The SMILES string of the molecule is CC(Nc1ccc(N)c(C(=O)O)c1)c1ccsc1. The van der Waals surface area contributed by atoms with Crippen LogP contribution in [0.15, 0.2) is 35.0 Å². The predicted octanol–water partition coefficient (Wildman–Crippen LogP) is 3.20. The Hall–Kier alpha value is -2.01. The maximum Gasteiger partial charge on any atom is 0.337 e. The second-order valence-corrected chi connectivity index (χ2v) is 4.81. The molecule has 1 unspecified atom stereocenters. The lowest BCUT2D eigenvalue weighted by atomic mass is 10.1. The zero-order valence-electron chi connectivity index (χ0n) is 9.88. The molecule has 0 saturated heterocycles. The fraction of sp³-hybridized carbons (Fsp3) is 0.154. The highest BCUT2D eigenvalue weighted by molar-refractivity contribution is 7.07. The molecular formula is C13H14N2O2S. The van der Waals surface area contributed by atoms with Gasteiger partial charge >= 0.3 is 5.97 Å². The minimum Gasteiger partial charge on any atom is -0.478 e. The van der Waals surface area contributed by atoms with Gasteiger partial charge in [0, 0.05) is 17.4 Å². The van der Waals surface area contributed by atoms with Gasteiger partial charge in [0.15, 0.2) is 0 Å². The lowest BCUT2D eigenvalue weighted by Gasteiger charge is -2.15. The number of nitrogen functional groups attached to an aromatic ring is 1. The van der Waals surface area contributed by atoms with E-state index in [9.17, 15) is 4.79 Å². The van der Waals surface area contributed by atoms with E-state index < -0.39 is 5.97 Å². The number of hydrogen-bond donors (Lipinski definition) is 3. The van der Waals surface area contributed by atoms with E-state index in [1.165, 1.54) is 5.56 Å². The third-order valence-electron chi connectivity index (χ3n) is 2.71. The Balaban J connectivity index is 2.20. The quantitative estimate of drug-likeness (QED) is 0.740. The number of carboxylic acid groups (broad SMARTS) is 1. The molecule has 0 aliphatic rings. The number of nitrogens with one attached hydrogen (secondary N) is 1. The van der Waals surface area contributed by atoms with Crippen molar-refractivity contribution in [3.63, 3.8) is 0 Å². The van der Waals surface area contributed by atoms with Crippen LogP contribution in [0, 0.1) is 0 Å². The van der Waals surface area contributed by atoms with Crippen LogP contribution < -0.4 is 11.1 Å². The number of anilines is 2. The molecule has 1 heterocycles. The van der Waals surface area contributed by atoms with Crippen LogP contribution in [0.3, 0.4) is 0 Å². The average Bonchev–Trinajstić information content (AvgIpc) is 2.85. The summed E-state index contributed by atoms with van der Waals surface area (Å²) in [4.78, 5) is 11.0. The second kappa shape index (κ2) is 5.10. The van der Waals surface area contributed by atoms with Crippen LogP contribution in [0.5, 0.6) is 0 Å². The number of nitrogens with two attached hydrogens (primary N) is 1. The highest BCUT2D eigenvalue weighted by Gasteiger charge is 2.10. The van der Waals surface area contributed by atoms with E-state index in [2.05, 4.69) is 10.7 Å². The molecule has 4 nitrogen and oxygen atoms in total. The highest BCUT2D eigenvalue weighted by atomic mass is 32.1. The molecule has 0 amide bonds. The number of benzene rings is 1. The van der Waals surface area contributed by atoms with E-state index in [0.29, 0.717) is 0 Å². The molecule has 4 N–H and O–H groups in total. The van der Waals surface area contributed by atoms with Crippen LogP contribution >= 0.6 is 11.3 Å². The molecule has 5 heteroatoms. The number of hydrogen-bond acceptors (Lipinski definition) is 4. The molecule has 2 rings (SSSR count). The maximum absolute atomic E-state index is 11.0. The van der Waals surface area contributed by atoms with Crippen LogP contribution in [0.4, 0.5) is 11.4 Å². The van der Waals surface area contributed by atoms with Crippen molar-refractivity contribution in [2.75, 3.05) is 11.1 Å². The molecule has 94 valence electrons.